The van der Waals surface area contributed by atoms with E-state index in [2.05, 4.69) is 15.5 Å². The molecule has 0 aliphatic heterocycles. The maximum absolute atomic E-state index is 12.8. The van der Waals surface area contributed by atoms with Gasteiger partial charge in [-0.2, -0.15) is 18.2 Å². The fraction of sp³-hybridized carbons (Fsp3) is 0.167. The van der Waals surface area contributed by atoms with Crippen LogP contribution in [0.2, 0.25) is 5.02 Å². The van der Waals surface area contributed by atoms with Gasteiger partial charge >= 0.3 is 12.2 Å². The average Bonchev–Trinajstić information content (AvgIpc) is 2.93. The lowest BCUT2D eigenvalue weighted by Gasteiger charge is -2.07. The van der Waals surface area contributed by atoms with Crippen LogP contribution in [0, 0.1) is 6.92 Å². The van der Waals surface area contributed by atoms with Crippen molar-refractivity contribution in [2.75, 3.05) is 5.32 Å². The molecule has 1 N–H and O–H groups in total. The van der Waals surface area contributed by atoms with Crippen LogP contribution in [-0.2, 0) is 6.18 Å². The summed E-state index contributed by atoms with van der Waals surface area (Å²) in [5.74, 6) is 0.900. The predicted octanol–water partition coefficient (Wildman–Crippen LogP) is 4.54. The Kier molecular flexibility index (Phi) is 3.05. The summed E-state index contributed by atoms with van der Waals surface area (Å²) in [5, 5.41) is 5.90. The first-order valence-electron chi connectivity index (χ1n) is 5.70. The van der Waals surface area contributed by atoms with E-state index in [1.54, 1.807) is 13.0 Å². The number of halogens is 4. The van der Waals surface area contributed by atoms with E-state index in [-0.39, 0.29) is 17.1 Å². The summed E-state index contributed by atoms with van der Waals surface area (Å²) >= 11 is 5.61. The van der Waals surface area contributed by atoms with Gasteiger partial charge in [0, 0.05) is 12.1 Å². The minimum Gasteiger partial charge on any atom is -0.423 e. The van der Waals surface area contributed by atoms with Crippen LogP contribution in [0.5, 0.6) is 0 Å². The second kappa shape index (κ2) is 4.66. The van der Waals surface area contributed by atoms with Crippen LogP contribution in [0.15, 0.2) is 27.1 Å². The Morgan fingerprint density at radius 1 is 1.24 bits per heavy atom. The summed E-state index contributed by atoms with van der Waals surface area (Å²) in [6, 6.07) is 3.49. The highest BCUT2D eigenvalue weighted by atomic mass is 35.5. The molecule has 0 unspecified atom stereocenters. The van der Waals surface area contributed by atoms with Crippen molar-refractivity contribution < 1.29 is 22.1 Å². The number of nitrogens with one attached hydrogen (secondary N) is 1. The van der Waals surface area contributed by atoms with Gasteiger partial charge in [0.2, 0.25) is 0 Å². The molecule has 0 aliphatic rings. The van der Waals surface area contributed by atoms with E-state index in [0.717, 1.165) is 12.1 Å². The third-order valence-electron chi connectivity index (χ3n) is 2.65. The number of alkyl halides is 3. The maximum atomic E-state index is 12.8. The van der Waals surface area contributed by atoms with Crippen LogP contribution in [0.1, 0.15) is 11.3 Å². The van der Waals surface area contributed by atoms with E-state index in [0.29, 0.717) is 11.6 Å². The van der Waals surface area contributed by atoms with Crippen molar-refractivity contribution in [2.24, 2.45) is 0 Å². The smallest absolute Gasteiger partial charge is 0.417 e. The lowest BCUT2D eigenvalue weighted by molar-refractivity contribution is -0.137. The van der Waals surface area contributed by atoms with E-state index in [4.69, 9.17) is 20.5 Å². The highest BCUT2D eigenvalue weighted by Crippen LogP contribution is 2.37. The van der Waals surface area contributed by atoms with Crippen molar-refractivity contribution in [3.05, 3.63) is 34.5 Å². The Hall–Kier alpha value is -2.22. The van der Waals surface area contributed by atoms with Gasteiger partial charge in [-0.3, -0.25) is 5.32 Å². The van der Waals surface area contributed by atoms with E-state index < -0.39 is 16.8 Å². The van der Waals surface area contributed by atoms with Crippen molar-refractivity contribution in [3.8, 4) is 0 Å². The summed E-state index contributed by atoms with van der Waals surface area (Å²) < 4.78 is 48.4. The number of benzene rings is 1. The fourth-order valence-electron chi connectivity index (χ4n) is 1.75. The van der Waals surface area contributed by atoms with Gasteiger partial charge in [-0.25, -0.2) is 0 Å². The van der Waals surface area contributed by atoms with Gasteiger partial charge in [-0.1, -0.05) is 16.8 Å². The zero-order chi connectivity index (χ0) is 15.2. The highest BCUT2D eigenvalue weighted by Gasteiger charge is 2.34. The molecule has 5 nitrogen and oxygen atoms in total. The summed E-state index contributed by atoms with van der Waals surface area (Å²) in [6.07, 6.45) is -4.55. The topological polar surface area (TPSA) is 64.1 Å². The molecule has 2 aromatic heterocycles. The first-order chi connectivity index (χ1) is 9.83. The largest absolute Gasteiger partial charge is 0.423 e. The molecule has 0 aliphatic carbocycles. The van der Waals surface area contributed by atoms with Crippen LogP contribution in [0.4, 0.5) is 25.0 Å². The lowest BCUT2D eigenvalue weighted by atomic mass is 10.2. The zero-order valence-corrected chi connectivity index (χ0v) is 11.2. The SMILES string of the molecule is Cc1cc(Nc2nc3cc(C(F)(F)F)c(Cl)cc3o2)no1. The Labute approximate surface area is 120 Å². The molecule has 0 atom stereocenters. The second-order valence-electron chi connectivity index (χ2n) is 4.26. The molecule has 110 valence electrons. The van der Waals surface area contributed by atoms with Gasteiger partial charge in [0.25, 0.3) is 0 Å². The Bertz CT molecular complexity index is 810. The average molecular weight is 318 g/mol. The van der Waals surface area contributed by atoms with Crippen LogP contribution in [-0.4, -0.2) is 10.1 Å². The Morgan fingerprint density at radius 3 is 2.62 bits per heavy atom. The number of aromatic nitrogens is 2. The Balaban J connectivity index is 2.00. The fourth-order valence-corrected chi connectivity index (χ4v) is 2.02. The summed E-state index contributed by atoms with van der Waals surface area (Å²) in [4.78, 5) is 3.91. The second-order valence-corrected chi connectivity index (χ2v) is 4.67. The standard InChI is InChI=1S/C12H7ClF3N3O2/c1-5-2-10(19-21-5)18-11-17-8-3-6(12(14,15)16)7(13)4-9(8)20-11/h2-4H,1H3,(H,17,18,19). The van der Waals surface area contributed by atoms with E-state index in [1.165, 1.54) is 0 Å². The molecule has 0 saturated carbocycles. The molecular weight excluding hydrogens is 311 g/mol. The van der Waals surface area contributed by atoms with Crippen LogP contribution in [0.25, 0.3) is 11.1 Å². The number of nitrogens with zero attached hydrogens (tertiary/aromatic N) is 2. The van der Waals surface area contributed by atoms with Gasteiger partial charge in [0.1, 0.15) is 11.3 Å². The number of hydrogen-bond donors (Lipinski definition) is 1. The third-order valence-corrected chi connectivity index (χ3v) is 2.96. The van der Waals surface area contributed by atoms with Crippen molar-refractivity contribution in [2.45, 2.75) is 13.1 Å². The molecule has 0 spiro atoms. The number of aryl methyl sites for hydroxylation is 1. The first kappa shape index (κ1) is 13.7. The first-order valence-corrected chi connectivity index (χ1v) is 6.08. The zero-order valence-electron chi connectivity index (χ0n) is 10.5. The minimum absolute atomic E-state index is 0.00584. The molecule has 0 radical (unpaired) electrons. The van der Waals surface area contributed by atoms with Crippen LogP contribution >= 0.6 is 11.6 Å². The van der Waals surface area contributed by atoms with Crippen LogP contribution in [0.3, 0.4) is 0 Å². The van der Waals surface area contributed by atoms with Crippen molar-refractivity contribution >= 4 is 34.5 Å². The number of anilines is 2. The van der Waals surface area contributed by atoms with Crippen molar-refractivity contribution in [1.82, 2.24) is 10.1 Å². The van der Waals surface area contributed by atoms with Crippen LogP contribution < -0.4 is 5.32 Å². The summed E-state index contributed by atoms with van der Waals surface area (Å²) in [6.45, 7) is 1.69. The minimum atomic E-state index is -4.55. The molecule has 0 saturated heterocycles. The number of oxazole rings is 1. The predicted molar refractivity (Wildman–Crippen MR) is 68.5 cm³/mol. The molecule has 2 heterocycles. The lowest BCUT2D eigenvalue weighted by Crippen LogP contribution is -2.05. The number of fused-ring (bicyclic) bond motifs is 1. The molecule has 3 aromatic rings. The molecule has 0 bridgehead atoms. The van der Waals surface area contributed by atoms with Gasteiger partial charge in [-0.05, 0) is 13.0 Å². The van der Waals surface area contributed by atoms with Gasteiger partial charge in [-0.15, -0.1) is 0 Å². The highest BCUT2D eigenvalue weighted by molar-refractivity contribution is 6.32. The molecule has 3 rings (SSSR count). The molecule has 0 fully saturated rings. The third kappa shape index (κ3) is 2.66. The molecule has 0 amide bonds. The van der Waals surface area contributed by atoms with E-state index in [1.807, 2.05) is 0 Å². The summed E-state index contributed by atoms with van der Waals surface area (Å²) in [7, 11) is 0. The van der Waals surface area contributed by atoms with Gasteiger partial charge < -0.3 is 8.94 Å². The van der Waals surface area contributed by atoms with Crippen molar-refractivity contribution in [3.63, 3.8) is 0 Å². The quantitative estimate of drug-likeness (QED) is 0.751. The Morgan fingerprint density at radius 2 is 2.00 bits per heavy atom. The molecule has 9 heteroatoms. The van der Waals surface area contributed by atoms with Crippen molar-refractivity contribution in [1.29, 1.82) is 0 Å². The molecular formula is C12H7ClF3N3O2. The van der Waals surface area contributed by atoms with E-state index >= 15 is 0 Å². The van der Waals surface area contributed by atoms with Gasteiger partial charge in [0.15, 0.2) is 11.4 Å². The molecule has 21 heavy (non-hydrogen) atoms. The molecule has 1 aromatic carbocycles. The van der Waals surface area contributed by atoms with Gasteiger partial charge in [0.05, 0.1) is 10.6 Å². The monoisotopic (exact) mass is 317 g/mol. The normalized spacial score (nSPS) is 12.0. The summed E-state index contributed by atoms with van der Waals surface area (Å²) in [5.41, 5.74) is -0.793. The number of hydrogen-bond acceptors (Lipinski definition) is 5. The van der Waals surface area contributed by atoms with E-state index in [9.17, 15) is 13.2 Å². The number of rotatable bonds is 2. The maximum Gasteiger partial charge on any atom is 0.417 e.